The van der Waals surface area contributed by atoms with Crippen LogP contribution in [0.15, 0.2) is 78.9 Å². The molecular weight excluding hydrogens is 473 g/mol. The molecule has 3 rings (SSSR count). The predicted molar refractivity (Wildman–Crippen MR) is 108 cm³/mol. The monoisotopic (exact) mass is 488 g/mol. The minimum Gasteiger partial charge on any atom is -1.00 e. The molecule has 0 bridgehead atoms. The molecule has 2 N–H and O–H groups in total. The SMILES string of the molecule is Fc1ccc(/C(=C\C=[NH+]c2ccc(C(F)(F)F)cc2)Nc2ccc(C(F)(F)F)cc2)cc1.[Cl-]. The highest BCUT2D eigenvalue weighted by Crippen LogP contribution is 2.31. The van der Waals surface area contributed by atoms with Gasteiger partial charge in [-0.3, -0.25) is 0 Å². The van der Waals surface area contributed by atoms with Crippen LogP contribution >= 0.6 is 0 Å². The van der Waals surface area contributed by atoms with Crippen LogP contribution < -0.4 is 22.7 Å². The van der Waals surface area contributed by atoms with E-state index in [1.54, 1.807) is 0 Å². The molecule has 0 amide bonds. The molecule has 0 aliphatic rings. The van der Waals surface area contributed by atoms with Crippen LogP contribution in [0.2, 0.25) is 0 Å². The summed E-state index contributed by atoms with van der Waals surface area (Å²) in [7, 11) is 0. The van der Waals surface area contributed by atoms with E-state index in [0.29, 0.717) is 22.6 Å². The molecule has 3 aromatic rings. The Kier molecular flexibility index (Phi) is 8.27. The molecule has 0 saturated carbocycles. The molecule has 0 aliphatic carbocycles. The Bertz CT molecular complexity index is 1100. The van der Waals surface area contributed by atoms with E-state index in [1.807, 2.05) is 0 Å². The first kappa shape index (κ1) is 25.9. The molecule has 0 fully saturated rings. The summed E-state index contributed by atoms with van der Waals surface area (Å²) >= 11 is 0. The number of hydrogen-bond acceptors (Lipinski definition) is 1. The second kappa shape index (κ2) is 10.5. The Balaban J connectivity index is 0.00000385. The minimum atomic E-state index is -4.46. The molecule has 174 valence electrons. The van der Waals surface area contributed by atoms with Crippen molar-refractivity contribution < 1.29 is 48.1 Å². The van der Waals surface area contributed by atoms with Crippen molar-refractivity contribution in [2.45, 2.75) is 12.4 Å². The fraction of sp³-hybridized carbons (Fsp3) is 0.0870. The van der Waals surface area contributed by atoms with Crippen LogP contribution in [-0.4, -0.2) is 6.21 Å². The van der Waals surface area contributed by atoms with Crippen LogP contribution in [0.4, 0.5) is 42.1 Å². The Morgan fingerprint density at radius 2 is 1.18 bits per heavy atom. The molecular formula is C23H16ClF7N2. The lowest BCUT2D eigenvalue weighted by molar-refractivity contribution is -0.346. The highest BCUT2D eigenvalue weighted by molar-refractivity contribution is 5.87. The average molecular weight is 489 g/mol. The molecule has 3 aromatic carbocycles. The molecule has 0 saturated heterocycles. The summed E-state index contributed by atoms with van der Waals surface area (Å²) in [5.74, 6) is -0.463. The summed E-state index contributed by atoms with van der Waals surface area (Å²) in [4.78, 5) is 2.82. The van der Waals surface area contributed by atoms with Crippen LogP contribution in [0.3, 0.4) is 0 Å². The lowest BCUT2D eigenvalue weighted by Gasteiger charge is -2.12. The van der Waals surface area contributed by atoms with Gasteiger partial charge in [0, 0.05) is 23.9 Å². The van der Waals surface area contributed by atoms with Gasteiger partial charge in [0.25, 0.3) is 0 Å². The summed E-state index contributed by atoms with van der Waals surface area (Å²) in [6.07, 6.45) is -5.93. The highest BCUT2D eigenvalue weighted by atomic mass is 35.5. The van der Waals surface area contributed by atoms with Crippen LogP contribution in [0.1, 0.15) is 16.7 Å². The van der Waals surface area contributed by atoms with E-state index in [9.17, 15) is 30.7 Å². The van der Waals surface area contributed by atoms with E-state index in [-0.39, 0.29) is 12.4 Å². The molecule has 33 heavy (non-hydrogen) atoms. The maximum atomic E-state index is 13.3. The van der Waals surface area contributed by atoms with E-state index in [2.05, 4.69) is 10.3 Å². The Morgan fingerprint density at radius 1 is 0.697 bits per heavy atom. The largest absolute Gasteiger partial charge is 1.00 e. The van der Waals surface area contributed by atoms with Crippen molar-refractivity contribution in [2.75, 3.05) is 5.32 Å². The first-order valence-electron chi connectivity index (χ1n) is 9.20. The molecule has 0 heterocycles. The third kappa shape index (κ3) is 7.35. The van der Waals surface area contributed by atoms with Crippen LogP contribution in [0.25, 0.3) is 5.70 Å². The van der Waals surface area contributed by atoms with Gasteiger partial charge >= 0.3 is 12.4 Å². The van der Waals surface area contributed by atoms with E-state index in [1.165, 1.54) is 60.8 Å². The van der Waals surface area contributed by atoms with Gasteiger partial charge < -0.3 is 17.7 Å². The van der Waals surface area contributed by atoms with Crippen LogP contribution in [0.5, 0.6) is 0 Å². The van der Waals surface area contributed by atoms with Gasteiger partial charge in [-0.05, 0) is 66.2 Å². The van der Waals surface area contributed by atoms with Crippen molar-refractivity contribution in [3.63, 3.8) is 0 Å². The zero-order chi connectivity index (χ0) is 23.4. The number of alkyl halides is 6. The Morgan fingerprint density at radius 3 is 1.67 bits per heavy atom. The normalized spacial score (nSPS) is 12.5. The van der Waals surface area contributed by atoms with Crippen molar-refractivity contribution in [1.29, 1.82) is 0 Å². The summed E-state index contributed by atoms with van der Waals surface area (Å²) in [6, 6.07) is 14.1. The lowest BCUT2D eigenvalue weighted by Crippen LogP contribution is -3.00. The van der Waals surface area contributed by atoms with Gasteiger partial charge in [0.2, 0.25) is 5.69 Å². The van der Waals surface area contributed by atoms with Crippen LogP contribution in [-0.2, 0) is 12.4 Å². The number of hydrogen-bond donors (Lipinski definition) is 2. The summed E-state index contributed by atoms with van der Waals surface area (Å²) < 4.78 is 89.5. The number of allylic oxidation sites excluding steroid dienone is 1. The van der Waals surface area contributed by atoms with Gasteiger partial charge in [-0.25, -0.2) is 9.38 Å². The third-order valence-electron chi connectivity index (χ3n) is 4.36. The van der Waals surface area contributed by atoms with Crippen molar-refractivity contribution >= 4 is 23.3 Å². The molecule has 0 aromatic heterocycles. The molecule has 10 heteroatoms. The molecule has 0 unspecified atom stereocenters. The van der Waals surface area contributed by atoms with E-state index >= 15 is 0 Å². The topological polar surface area (TPSA) is 26.0 Å². The number of halogens is 8. The smallest absolute Gasteiger partial charge is 0.416 e. The maximum Gasteiger partial charge on any atom is 0.416 e. The first-order chi connectivity index (χ1) is 15.0. The second-order valence-electron chi connectivity index (χ2n) is 6.67. The quantitative estimate of drug-likeness (QED) is 0.419. The van der Waals surface area contributed by atoms with Gasteiger partial charge in [-0.2, -0.15) is 26.3 Å². The number of nitrogens with one attached hydrogen (secondary N) is 2. The fourth-order valence-electron chi connectivity index (χ4n) is 2.71. The molecule has 0 radical (unpaired) electrons. The maximum absolute atomic E-state index is 13.3. The van der Waals surface area contributed by atoms with Crippen molar-refractivity contribution in [2.24, 2.45) is 0 Å². The summed E-state index contributed by atoms with van der Waals surface area (Å²) in [5, 5.41) is 2.96. The summed E-state index contributed by atoms with van der Waals surface area (Å²) in [6.45, 7) is 0. The zero-order valence-corrected chi connectivity index (χ0v) is 17.4. The molecule has 0 atom stereocenters. The number of rotatable bonds is 5. The van der Waals surface area contributed by atoms with E-state index < -0.39 is 29.3 Å². The third-order valence-corrected chi connectivity index (χ3v) is 4.36. The van der Waals surface area contributed by atoms with Gasteiger partial charge in [0.05, 0.1) is 16.8 Å². The zero-order valence-electron chi connectivity index (χ0n) is 16.6. The molecule has 2 nitrogen and oxygen atoms in total. The Labute approximate surface area is 190 Å². The standard InChI is InChI=1S/C23H15F7N2.ClH/c24-18-7-1-15(2-8-18)21(32-20-11-5-17(6-12-20)23(28,29)30)13-14-31-19-9-3-16(4-10-19)22(25,26)27;/h1-14,32H;1H/b21-13+,31-14?;. The van der Waals surface area contributed by atoms with E-state index in [0.717, 1.165) is 24.3 Å². The van der Waals surface area contributed by atoms with Crippen molar-refractivity contribution in [3.05, 3.63) is 101 Å². The van der Waals surface area contributed by atoms with Crippen molar-refractivity contribution in [3.8, 4) is 0 Å². The van der Waals surface area contributed by atoms with Crippen LogP contribution in [0, 0.1) is 5.82 Å². The highest BCUT2D eigenvalue weighted by Gasteiger charge is 2.30. The van der Waals surface area contributed by atoms with Gasteiger partial charge in [-0.1, -0.05) is 0 Å². The van der Waals surface area contributed by atoms with E-state index in [4.69, 9.17) is 0 Å². The fourth-order valence-corrected chi connectivity index (χ4v) is 2.71. The Hall–Kier alpha value is -3.33. The minimum absolute atomic E-state index is 0. The van der Waals surface area contributed by atoms with Crippen molar-refractivity contribution in [1.82, 2.24) is 0 Å². The number of benzene rings is 3. The number of anilines is 1. The van der Waals surface area contributed by atoms with Gasteiger partial charge in [-0.15, -0.1) is 0 Å². The van der Waals surface area contributed by atoms with Gasteiger partial charge in [0.1, 0.15) is 5.82 Å². The predicted octanol–water partition coefficient (Wildman–Crippen LogP) is 2.80. The first-order valence-corrected chi connectivity index (χ1v) is 9.20. The average Bonchev–Trinajstić information content (AvgIpc) is 2.73. The van der Waals surface area contributed by atoms with Gasteiger partial charge in [0.15, 0.2) is 6.21 Å². The summed E-state index contributed by atoms with van der Waals surface area (Å²) in [5.41, 5.74) is 0.125. The molecule has 0 aliphatic heterocycles. The molecule has 0 spiro atoms. The second-order valence-corrected chi connectivity index (χ2v) is 6.67. The lowest BCUT2D eigenvalue weighted by atomic mass is 10.1.